The maximum atomic E-state index is 6.24. The van der Waals surface area contributed by atoms with Crippen LogP contribution in [0.1, 0.15) is 25.3 Å². The lowest BCUT2D eigenvalue weighted by Crippen LogP contribution is -2.22. The molecule has 1 aromatic carbocycles. The van der Waals surface area contributed by atoms with Crippen molar-refractivity contribution in [3.05, 3.63) is 28.8 Å². The molecular weight excluding hydrogens is 262 g/mol. The first-order valence-corrected chi connectivity index (χ1v) is 7.28. The predicted octanol–water partition coefficient (Wildman–Crippen LogP) is 3.04. The average Bonchev–Trinajstić information content (AvgIpc) is 2.38. The number of rotatable bonds is 5. The number of nitrogens with two attached hydrogens (primary N) is 1. The zero-order chi connectivity index (χ0) is 13.7. The second-order valence-corrected chi connectivity index (χ2v) is 5.68. The van der Waals surface area contributed by atoms with Gasteiger partial charge < -0.3 is 15.2 Å². The van der Waals surface area contributed by atoms with Crippen LogP contribution >= 0.6 is 11.6 Å². The third kappa shape index (κ3) is 4.37. The van der Waals surface area contributed by atoms with Crippen LogP contribution in [-0.4, -0.2) is 25.9 Å². The van der Waals surface area contributed by atoms with Gasteiger partial charge in [0, 0.05) is 19.3 Å². The van der Waals surface area contributed by atoms with Gasteiger partial charge in [0.25, 0.3) is 0 Å². The average molecular weight is 284 g/mol. The molecule has 1 aliphatic heterocycles. The van der Waals surface area contributed by atoms with Crippen LogP contribution < -0.4 is 10.5 Å². The molecule has 0 radical (unpaired) electrons. The van der Waals surface area contributed by atoms with Crippen LogP contribution in [0.2, 0.25) is 5.02 Å². The van der Waals surface area contributed by atoms with Crippen LogP contribution in [0.15, 0.2) is 18.2 Å². The molecule has 0 amide bonds. The fourth-order valence-electron chi connectivity index (χ4n) is 2.34. The Kier molecular flexibility index (Phi) is 5.49. The Labute approximate surface area is 120 Å². The van der Waals surface area contributed by atoms with Crippen molar-refractivity contribution in [1.82, 2.24) is 0 Å². The number of hydrogen-bond donors (Lipinski definition) is 1. The Bertz CT molecular complexity index is 403. The standard InChI is InChI=1S/C15H22ClNO2/c1-11(17)9-13-3-2-4-14(16)15(13)19-10-12-5-7-18-8-6-12/h2-4,11-12H,5-10,17H2,1H3. The molecule has 1 atom stereocenters. The van der Waals surface area contributed by atoms with E-state index in [1.54, 1.807) is 0 Å². The predicted molar refractivity (Wildman–Crippen MR) is 77.8 cm³/mol. The summed E-state index contributed by atoms with van der Waals surface area (Å²) in [6, 6.07) is 5.95. The lowest BCUT2D eigenvalue weighted by Gasteiger charge is -2.23. The van der Waals surface area contributed by atoms with Gasteiger partial charge in [-0.3, -0.25) is 0 Å². The first kappa shape index (κ1) is 14.6. The largest absolute Gasteiger partial charge is 0.491 e. The first-order valence-electron chi connectivity index (χ1n) is 6.90. The first-order chi connectivity index (χ1) is 9.16. The minimum atomic E-state index is 0.101. The molecule has 1 aliphatic rings. The van der Waals surface area contributed by atoms with E-state index in [1.807, 2.05) is 25.1 Å². The summed E-state index contributed by atoms with van der Waals surface area (Å²) in [7, 11) is 0. The van der Waals surface area contributed by atoms with Crippen molar-refractivity contribution in [3.8, 4) is 5.75 Å². The van der Waals surface area contributed by atoms with Gasteiger partial charge in [-0.15, -0.1) is 0 Å². The van der Waals surface area contributed by atoms with Crippen LogP contribution in [0.5, 0.6) is 5.75 Å². The van der Waals surface area contributed by atoms with Gasteiger partial charge in [-0.05, 0) is 43.7 Å². The van der Waals surface area contributed by atoms with Gasteiger partial charge in [0.1, 0.15) is 5.75 Å². The quantitative estimate of drug-likeness (QED) is 0.903. The Morgan fingerprint density at radius 2 is 2.16 bits per heavy atom. The number of ether oxygens (including phenoxy) is 2. The van der Waals surface area contributed by atoms with E-state index in [0.717, 1.165) is 43.8 Å². The zero-order valence-electron chi connectivity index (χ0n) is 11.4. The van der Waals surface area contributed by atoms with E-state index in [0.29, 0.717) is 17.5 Å². The monoisotopic (exact) mass is 283 g/mol. The van der Waals surface area contributed by atoms with Crippen LogP contribution in [0.3, 0.4) is 0 Å². The van der Waals surface area contributed by atoms with E-state index in [2.05, 4.69) is 0 Å². The summed E-state index contributed by atoms with van der Waals surface area (Å²) in [6.45, 7) is 4.37. The molecule has 106 valence electrons. The topological polar surface area (TPSA) is 44.5 Å². The minimum absolute atomic E-state index is 0.101. The molecule has 2 N–H and O–H groups in total. The highest BCUT2D eigenvalue weighted by atomic mass is 35.5. The molecule has 19 heavy (non-hydrogen) atoms. The Balaban J connectivity index is 2.01. The third-order valence-corrected chi connectivity index (χ3v) is 3.69. The molecule has 1 aromatic rings. The van der Waals surface area contributed by atoms with E-state index in [4.69, 9.17) is 26.8 Å². The number of benzene rings is 1. The SMILES string of the molecule is CC(N)Cc1cccc(Cl)c1OCC1CCOCC1. The molecule has 3 nitrogen and oxygen atoms in total. The smallest absolute Gasteiger partial charge is 0.141 e. The summed E-state index contributed by atoms with van der Waals surface area (Å²) >= 11 is 6.24. The van der Waals surface area contributed by atoms with Crippen molar-refractivity contribution >= 4 is 11.6 Å². The summed E-state index contributed by atoms with van der Waals surface area (Å²) in [4.78, 5) is 0. The van der Waals surface area contributed by atoms with Gasteiger partial charge in [-0.2, -0.15) is 0 Å². The molecule has 0 aromatic heterocycles. The van der Waals surface area contributed by atoms with Crippen molar-refractivity contribution in [1.29, 1.82) is 0 Å². The zero-order valence-corrected chi connectivity index (χ0v) is 12.2. The molecule has 4 heteroatoms. The molecule has 2 rings (SSSR count). The van der Waals surface area contributed by atoms with E-state index in [1.165, 1.54) is 0 Å². The molecule has 1 heterocycles. The Morgan fingerprint density at radius 1 is 1.42 bits per heavy atom. The van der Waals surface area contributed by atoms with Crippen molar-refractivity contribution in [3.63, 3.8) is 0 Å². The molecule has 1 unspecified atom stereocenters. The van der Waals surface area contributed by atoms with Gasteiger partial charge in [0.15, 0.2) is 0 Å². The maximum absolute atomic E-state index is 6.24. The van der Waals surface area contributed by atoms with Crippen molar-refractivity contribution in [2.75, 3.05) is 19.8 Å². The summed E-state index contributed by atoms with van der Waals surface area (Å²) in [6.07, 6.45) is 2.91. The maximum Gasteiger partial charge on any atom is 0.141 e. The van der Waals surface area contributed by atoms with E-state index < -0.39 is 0 Å². The van der Waals surface area contributed by atoms with Gasteiger partial charge in [0.05, 0.1) is 11.6 Å². The van der Waals surface area contributed by atoms with Crippen LogP contribution in [-0.2, 0) is 11.2 Å². The molecule has 0 saturated carbocycles. The third-order valence-electron chi connectivity index (χ3n) is 3.39. The van der Waals surface area contributed by atoms with Crippen LogP contribution in [0.25, 0.3) is 0 Å². The highest BCUT2D eigenvalue weighted by Crippen LogP contribution is 2.30. The number of halogens is 1. The summed E-state index contributed by atoms with van der Waals surface area (Å²) < 4.78 is 11.3. The van der Waals surface area contributed by atoms with Gasteiger partial charge in [0.2, 0.25) is 0 Å². The molecule has 1 saturated heterocycles. The van der Waals surface area contributed by atoms with E-state index in [-0.39, 0.29) is 6.04 Å². The van der Waals surface area contributed by atoms with Crippen molar-refractivity contribution < 1.29 is 9.47 Å². The van der Waals surface area contributed by atoms with Crippen molar-refractivity contribution in [2.24, 2.45) is 11.7 Å². The summed E-state index contributed by atoms with van der Waals surface area (Å²) in [5.74, 6) is 1.36. The van der Waals surface area contributed by atoms with Gasteiger partial charge >= 0.3 is 0 Å². The molecule has 1 fully saturated rings. The fourth-order valence-corrected chi connectivity index (χ4v) is 2.59. The Hall–Kier alpha value is -0.770. The lowest BCUT2D eigenvalue weighted by atomic mass is 10.0. The molecule has 0 spiro atoms. The van der Waals surface area contributed by atoms with Gasteiger partial charge in [-0.25, -0.2) is 0 Å². The molecular formula is C15H22ClNO2. The van der Waals surface area contributed by atoms with Crippen LogP contribution in [0.4, 0.5) is 0 Å². The molecule has 0 bridgehead atoms. The number of para-hydroxylation sites is 1. The summed E-state index contributed by atoms with van der Waals surface area (Å²) in [5.41, 5.74) is 6.96. The summed E-state index contributed by atoms with van der Waals surface area (Å²) in [5, 5.41) is 0.671. The minimum Gasteiger partial charge on any atom is -0.491 e. The highest BCUT2D eigenvalue weighted by molar-refractivity contribution is 6.32. The lowest BCUT2D eigenvalue weighted by molar-refractivity contribution is 0.0496. The molecule has 0 aliphatic carbocycles. The Morgan fingerprint density at radius 3 is 2.84 bits per heavy atom. The second kappa shape index (κ2) is 7.13. The van der Waals surface area contributed by atoms with Crippen LogP contribution in [0, 0.1) is 5.92 Å². The van der Waals surface area contributed by atoms with Crippen molar-refractivity contribution in [2.45, 2.75) is 32.2 Å². The normalized spacial score (nSPS) is 18.3. The fraction of sp³-hybridized carbons (Fsp3) is 0.600. The second-order valence-electron chi connectivity index (χ2n) is 5.28. The highest BCUT2D eigenvalue weighted by Gasteiger charge is 2.16. The number of hydrogen-bond acceptors (Lipinski definition) is 3. The van der Waals surface area contributed by atoms with Gasteiger partial charge in [-0.1, -0.05) is 23.7 Å². The van der Waals surface area contributed by atoms with E-state index >= 15 is 0 Å². The van der Waals surface area contributed by atoms with E-state index in [9.17, 15) is 0 Å².